The largest absolute Gasteiger partial charge is 0.417 e. The molecule has 1 aromatic heterocycles. The molecule has 11 heteroatoms. The molecule has 2 aromatic rings. The Bertz CT molecular complexity index is 1040. The predicted octanol–water partition coefficient (Wildman–Crippen LogP) is 3.44. The van der Waals surface area contributed by atoms with Crippen molar-refractivity contribution in [3.63, 3.8) is 0 Å². The maximum atomic E-state index is 12.8. The molecule has 0 saturated carbocycles. The van der Waals surface area contributed by atoms with E-state index < -0.39 is 22.3 Å². The van der Waals surface area contributed by atoms with Gasteiger partial charge in [0.05, 0.1) is 34.9 Å². The molecular weight excluding hydrogens is 453 g/mol. The average molecular weight is 478 g/mol. The number of carbonyl (C=O) groups excluding carboxylic acids is 1. The molecular formula is C23H25F3N4O4. The fourth-order valence-corrected chi connectivity index (χ4v) is 4.41. The van der Waals surface area contributed by atoms with Crippen molar-refractivity contribution in [2.45, 2.75) is 37.6 Å². The molecule has 1 aromatic carbocycles. The van der Waals surface area contributed by atoms with Gasteiger partial charge in [0.2, 0.25) is 5.91 Å². The first kappa shape index (κ1) is 24.1. The molecule has 0 atom stereocenters. The summed E-state index contributed by atoms with van der Waals surface area (Å²) in [5.74, 6) is -0.208. The normalized spacial score (nSPS) is 18.9. The third kappa shape index (κ3) is 5.71. The number of non-ortho nitro benzene ring substituents is 1. The number of piperidine rings is 1. The standard InChI is InChI=1S/C23H25F3N4O4/c24-23(25,26)18-4-5-19(27-13-18)14-29-16-22(34-15-21(29)31)7-10-28(11-8-22)9-6-17-2-1-3-20(12-17)30(32)33/h1-5,12-13H,6-11,14-16H2. The first-order chi connectivity index (χ1) is 16.1. The van der Waals surface area contributed by atoms with Crippen molar-refractivity contribution in [2.75, 3.05) is 32.8 Å². The number of nitrogens with zero attached hydrogens (tertiary/aromatic N) is 4. The summed E-state index contributed by atoms with van der Waals surface area (Å²) < 4.78 is 44.2. The number of nitro groups is 1. The van der Waals surface area contributed by atoms with Crippen LogP contribution in [0.4, 0.5) is 18.9 Å². The summed E-state index contributed by atoms with van der Waals surface area (Å²) in [7, 11) is 0. The number of morpholine rings is 1. The number of halogens is 3. The van der Waals surface area contributed by atoms with Gasteiger partial charge in [-0.3, -0.25) is 19.9 Å². The summed E-state index contributed by atoms with van der Waals surface area (Å²) >= 11 is 0. The van der Waals surface area contributed by atoms with E-state index >= 15 is 0 Å². The van der Waals surface area contributed by atoms with Crippen LogP contribution in [0.25, 0.3) is 0 Å². The first-order valence-corrected chi connectivity index (χ1v) is 11.0. The Balaban J connectivity index is 1.31. The Morgan fingerprint density at radius 2 is 1.94 bits per heavy atom. The van der Waals surface area contributed by atoms with Crippen molar-refractivity contribution in [2.24, 2.45) is 0 Å². The Morgan fingerprint density at radius 3 is 2.59 bits per heavy atom. The topological polar surface area (TPSA) is 88.8 Å². The van der Waals surface area contributed by atoms with Gasteiger partial charge in [-0.1, -0.05) is 12.1 Å². The lowest BCUT2D eigenvalue weighted by molar-refractivity contribution is -0.384. The summed E-state index contributed by atoms with van der Waals surface area (Å²) in [5.41, 5.74) is 0.0792. The summed E-state index contributed by atoms with van der Waals surface area (Å²) in [4.78, 5) is 30.7. The number of hydrogen-bond acceptors (Lipinski definition) is 6. The SMILES string of the molecule is O=C1COC2(CCN(CCc3cccc([N+](=O)[O-])c3)CC2)CN1Cc1ccc(C(F)(F)F)cn1. The van der Waals surface area contributed by atoms with E-state index in [1.165, 1.54) is 12.1 Å². The van der Waals surface area contributed by atoms with Gasteiger partial charge in [0, 0.05) is 38.0 Å². The lowest BCUT2D eigenvalue weighted by Gasteiger charge is -2.47. The fraction of sp³-hybridized carbons (Fsp3) is 0.478. The second-order valence-corrected chi connectivity index (χ2v) is 8.78. The zero-order chi connectivity index (χ0) is 24.3. The van der Waals surface area contributed by atoms with Gasteiger partial charge in [-0.05, 0) is 37.0 Å². The van der Waals surface area contributed by atoms with Gasteiger partial charge in [0.1, 0.15) is 6.61 Å². The molecule has 2 fully saturated rings. The maximum Gasteiger partial charge on any atom is 0.417 e. The van der Waals surface area contributed by atoms with Crippen molar-refractivity contribution >= 4 is 11.6 Å². The number of nitro benzene ring substituents is 1. The summed E-state index contributed by atoms with van der Waals surface area (Å²) in [6, 6.07) is 8.90. The molecule has 2 aliphatic rings. The lowest BCUT2D eigenvalue weighted by Crippen LogP contribution is -2.58. The molecule has 8 nitrogen and oxygen atoms in total. The monoisotopic (exact) mass is 478 g/mol. The van der Waals surface area contributed by atoms with E-state index in [9.17, 15) is 28.1 Å². The third-order valence-corrected chi connectivity index (χ3v) is 6.44. The molecule has 2 saturated heterocycles. The van der Waals surface area contributed by atoms with Crippen molar-refractivity contribution in [1.29, 1.82) is 0 Å². The van der Waals surface area contributed by atoms with Crippen LogP contribution in [0, 0.1) is 10.1 Å². The van der Waals surface area contributed by atoms with Crippen molar-refractivity contribution in [3.05, 3.63) is 69.5 Å². The molecule has 182 valence electrons. The van der Waals surface area contributed by atoms with E-state index in [4.69, 9.17) is 4.74 Å². The molecule has 4 rings (SSSR count). The van der Waals surface area contributed by atoms with Crippen LogP contribution >= 0.6 is 0 Å². The molecule has 0 N–H and O–H groups in total. The number of carbonyl (C=O) groups is 1. The summed E-state index contributed by atoms with van der Waals surface area (Å²) in [5, 5.41) is 11.0. The number of benzene rings is 1. The van der Waals surface area contributed by atoms with Crippen molar-refractivity contribution < 1.29 is 27.6 Å². The van der Waals surface area contributed by atoms with Gasteiger partial charge in [-0.2, -0.15) is 13.2 Å². The maximum absolute atomic E-state index is 12.8. The van der Waals surface area contributed by atoms with Crippen LogP contribution < -0.4 is 0 Å². The Hall–Kier alpha value is -3.05. The highest BCUT2D eigenvalue weighted by atomic mass is 19.4. The number of rotatable bonds is 6. The minimum atomic E-state index is -4.45. The number of ether oxygens (including phenoxy) is 1. The number of amides is 1. The van der Waals surface area contributed by atoms with E-state index in [1.54, 1.807) is 17.0 Å². The third-order valence-electron chi connectivity index (χ3n) is 6.44. The highest BCUT2D eigenvalue weighted by Crippen LogP contribution is 2.32. The smallest absolute Gasteiger partial charge is 0.363 e. The van der Waals surface area contributed by atoms with Crippen LogP contribution in [-0.2, 0) is 28.7 Å². The van der Waals surface area contributed by atoms with Crippen LogP contribution in [0.3, 0.4) is 0 Å². The second kappa shape index (κ2) is 9.67. The molecule has 0 bridgehead atoms. The summed E-state index contributed by atoms with van der Waals surface area (Å²) in [6.07, 6.45) is -1.54. The van der Waals surface area contributed by atoms with E-state index in [-0.39, 0.29) is 24.7 Å². The van der Waals surface area contributed by atoms with Gasteiger partial charge in [0.25, 0.3) is 5.69 Å². The number of hydrogen-bond donors (Lipinski definition) is 0. The predicted molar refractivity (Wildman–Crippen MR) is 116 cm³/mol. The van der Waals surface area contributed by atoms with Crippen molar-refractivity contribution in [3.8, 4) is 0 Å². The second-order valence-electron chi connectivity index (χ2n) is 8.78. The Kier molecular flexibility index (Phi) is 6.85. The van der Waals surface area contributed by atoms with Crippen LogP contribution in [0.1, 0.15) is 29.7 Å². The number of aromatic nitrogens is 1. The Morgan fingerprint density at radius 1 is 1.18 bits per heavy atom. The summed E-state index contributed by atoms with van der Waals surface area (Å²) in [6.45, 7) is 2.72. The van der Waals surface area contributed by atoms with E-state index in [1.807, 2.05) is 6.07 Å². The van der Waals surface area contributed by atoms with Gasteiger partial charge in [-0.15, -0.1) is 0 Å². The molecule has 3 heterocycles. The average Bonchev–Trinajstić information content (AvgIpc) is 2.81. The van der Waals surface area contributed by atoms with E-state index in [2.05, 4.69) is 9.88 Å². The zero-order valence-corrected chi connectivity index (χ0v) is 18.5. The van der Waals surface area contributed by atoms with Gasteiger partial charge in [0.15, 0.2) is 0 Å². The molecule has 0 aliphatic carbocycles. The molecule has 1 spiro atoms. The number of likely N-dealkylation sites (tertiary alicyclic amines) is 1. The number of alkyl halides is 3. The molecule has 0 radical (unpaired) electrons. The molecule has 1 amide bonds. The van der Waals surface area contributed by atoms with Gasteiger partial charge in [-0.25, -0.2) is 0 Å². The fourth-order valence-electron chi connectivity index (χ4n) is 4.41. The Labute approximate surface area is 194 Å². The minimum Gasteiger partial charge on any atom is -0.363 e. The van der Waals surface area contributed by atoms with E-state index in [0.717, 1.165) is 37.5 Å². The lowest BCUT2D eigenvalue weighted by atomic mass is 9.89. The first-order valence-electron chi connectivity index (χ1n) is 11.0. The van der Waals surface area contributed by atoms with Gasteiger partial charge >= 0.3 is 6.18 Å². The van der Waals surface area contributed by atoms with Crippen LogP contribution in [-0.4, -0.2) is 64.0 Å². The van der Waals surface area contributed by atoms with Crippen LogP contribution in [0.5, 0.6) is 0 Å². The molecule has 0 unspecified atom stereocenters. The molecule has 34 heavy (non-hydrogen) atoms. The minimum absolute atomic E-state index is 0.0612. The van der Waals surface area contributed by atoms with Crippen molar-refractivity contribution in [1.82, 2.24) is 14.8 Å². The van der Waals surface area contributed by atoms with E-state index in [0.29, 0.717) is 31.5 Å². The van der Waals surface area contributed by atoms with Gasteiger partial charge < -0.3 is 14.5 Å². The highest BCUT2D eigenvalue weighted by molar-refractivity contribution is 5.78. The zero-order valence-electron chi connectivity index (χ0n) is 18.5. The highest BCUT2D eigenvalue weighted by Gasteiger charge is 2.42. The van der Waals surface area contributed by atoms with Crippen LogP contribution in [0.15, 0.2) is 42.6 Å². The quantitative estimate of drug-likeness (QED) is 0.467. The molecule has 2 aliphatic heterocycles. The number of pyridine rings is 1. The van der Waals surface area contributed by atoms with Crippen LogP contribution in [0.2, 0.25) is 0 Å².